The molecular weight excluding hydrogens is 196 g/mol. The van der Waals surface area contributed by atoms with Gasteiger partial charge in [0, 0.05) is 20.4 Å². The third kappa shape index (κ3) is 2.51. The summed E-state index contributed by atoms with van der Waals surface area (Å²) in [4.78, 5) is 15.7. The van der Waals surface area contributed by atoms with E-state index in [4.69, 9.17) is 15.2 Å². The summed E-state index contributed by atoms with van der Waals surface area (Å²) in [6.07, 6.45) is 0.664. The van der Waals surface area contributed by atoms with Crippen LogP contribution in [-0.2, 0) is 9.47 Å². The van der Waals surface area contributed by atoms with Crippen LogP contribution >= 0.6 is 0 Å². The average Bonchev–Trinajstić information content (AvgIpc) is 2.23. The molecule has 0 saturated heterocycles. The number of hydrogen-bond acceptors (Lipinski definition) is 5. The van der Waals surface area contributed by atoms with E-state index in [-0.39, 0.29) is 11.6 Å². The van der Waals surface area contributed by atoms with Crippen molar-refractivity contribution in [3.05, 3.63) is 23.4 Å². The first-order valence-corrected chi connectivity index (χ1v) is 4.42. The fraction of sp³-hybridized carbons (Fsp3) is 0.400. The molecule has 1 heterocycles. The van der Waals surface area contributed by atoms with Crippen molar-refractivity contribution in [1.29, 1.82) is 0 Å². The van der Waals surface area contributed by atoms with Gasteiger partial charge in [-0.3, -0.25) is 4.79 Å². The van der Waals surface area contributed by atoms with Gasteiger partial charge in [0.25, 0.3) is 0 Å². The van der Waals surface area contributed by atoms with Gasteiger partial charge in [0.05, 0.1) is 5.56 Å². The molecule has 0 aliphatic rings. The van der Waals surface area contributed by atoms with Crippen molar-refractivity contribution in [2.45, 2.75) is 13.2 Å². The highest BCUT2D eigenvalue weighted by Crippen LogP contribution is 2.14. The second kappa shape index (κ2) is 4.86. The van der Waals surface area contributed by atoms with Gasteiger partial charge >= 0.3 is 0 Å². The summed E-state index contributed by atoms with van der Waals surface area (Å²) in [6.45, 7) is 1.83. The lowest BCUT2D eigenvalue weighted by molar-refractivity contribution is -0.0741. The molecule has 82 valence electrons. The maximum absolute atomic E-state index is 11.8. The zero-order valence-corrected chi connectivity index (χ0v) is 8.98. The molecule has 0 radical (unpaired) electrons. The lowest BCUT2D eigenvalue weighted by atomic mass is 10.1. The average molecular weight is 210 g/mol. The van der Waals surface area contributed by atoms with Gasteiger partial charge in [0.1, 0.15) is 5.82 Å². The number of Topliss-reactive ketones (excluding diaryl/α,β-unsaturated/α-hetero) is 1. The Morgan fingerprint density at radius 1 is 1.47 bits per heavy atom. The lowest BCUT2D eigenvalue weighted by Gasteiger charge is -2.13. The second-order valence-corrected chi connectivity index (χ2v) is 3.11. The lowest BCUT2D eigenvalue weighted by Crippen LogP contribution is -2.26. The highest BCUT2D eigenvalue weighted by Gasteiger charge is 2.21. The molecule has 2 N–H and O–H groups in total. The largest absolute Gasteiger partial charge is 0.383 e. The summed E-state index contributed by atoms with van der Waals surface area (Å²) >= 11 is 0. The summed E-state index contributed by atoms with van der Waals surface area (Å²) < 4.78 is 9.71. The van der Waals surface area contributed by atoms with Crippen LogP contribution in [-0.4, -0.2) is 31.3 Å². The van der Waals surface area contributed by atoms with E-state index in [1.807, 2.05) is 6.92 Å². The number of carbonyl (C=O) groups is 1. The van der Waals surface area contributed by atoms with E-state index in [9.17, 15) is 4.79 Å². The Morgan fingerprint density at radius 2 is 2.07 bits per heavy atom. The molecule has 0 amide bonds. The summed E-state index contributed by atoms with van der Waals surface area (Å²) in [6, 6.07) is 1.66. The SMILES string of the molecule is COC(OC)C(=O)c1cc(C)cnc1N. The Bertz CT molecular complexity index is 362. The van der Waals surface area contributed by atoms with Gasteiger partial charge in [0.2, 0.25) is 12.1 Å². The van der Waals surface area contributed by atoms with Crippen molar-refractivity contribution in [2.24, 2.45) is 0 Å². The van der Waals surface area contributed by atoms with E-state index in [0.717, 1.165) is 5.56 Å². The molecule has 0 aromatic carbocycles. The predicted molar refractivity (Wildman–Crippen MR) is 55.5 cm³/mol. The maximum atomic E-state index is 11.8. The zero-order chi connectivity index (χ0) is 11.4. The topological polar surface area (TPSA) is 74.4 Å². The zero-order valence-electron chi connectivity index (χ0n) is 8.98. The Labute approximate surface area is 88.2 Å². The summed E-state index contributed by atoms with van der Waals surface area (Å²) in [5.74, 6) is -0.140. The Morgan fingerprint density at radius 3 is 2.60 bits per heavy atom. The molecule has 0 spiro atoms. The molecule has 1 aromatic heterocycles. The van der Waals surface area contributed by atoms with E-state index < -0.39 is 6.29 Å². The van der Waals surface area contributed by atoms with E-state index >= 15 is 0 Å². The summed E-state index contributed by atoms with van der Waals surface area (Å²) in [7, 11) is 2.79. The van der Waals surface area contributed by atoms with Crippen molar-refractivity contribution in [1.82, 2.24) is 4.98 Å². The number of nitrogens with zero attached hydrogens (tertiary/aromatic N) is 1. The molecule has 0 aliphatic heterocycles. The van der Waals surface area contributed by atoms with Gasteiger partial charge in [-0.2, -0.15) is 0 Å². The van der Waals surface area contributed by atoms with Crippen LogP contribution in [0.5, 0.6) is 0 Å². The molecule has 0 atom stereocenters. The molecular formula is C10H14N2O3. The van der Waals surface area contributed by atoms with Crippen molar-refractivity contribution in [3.63, 3.8) is 0 Å². The number of nitrogens with two attached hydrogens (primary N) is 1. The standard InChI is InChI=1S/C10H14N2O3/c1-6-4-7(9(11)12-5-6)8(13)10(14-2)15-3/h4-5,10H,1-3H3,(H2,11,12). The molecule has 5 heteroatoms. The quantitative estimate of drug-likeness (QED) is 0.587. The van der Waals surface area contributed by atoms with E-state index in [0.29, 0.717) is 5.56 Å². The number of hydrogen-bond donors (Lipinski definition) is 1. The Balaban J connectivity index is 3.04. The molecule has 5 nitrogen and oxygen atoms in total. The Kier molecular flexibility index (Phi) is 3.76. The van der Waals surface area contributed by atoms with Crippen LogP contribution in [0.2, 0.25) is 0 Å². The van der Waals surface area contributed by atoms with Gasteiger partial charge < -0.3 is 15.2 Å². The second-order valence-electron chi connectivity index (χ2n) is 3.11. The minimum absolute atomic E-state index is 0.185. The fourth-order valence-electron chi connectivity index (χ4n) is 1.21. The normalized spacial score (nSPS) is 10.7. The van der Waals surface area contributed by atoms with E-state index in [2.05, 4.69) is 4.98 Å². The number of anilines is 1. The highest BCUT2D eigenvalue weighted by atomic mass is 16.7. The summed E-state index contributed by atoms with van der Waals surface area (Å²) in [5, 5.41) is 0. The number of rotatable bonds is 4. The number of ketones is 1. The molecule has 0 unspecified atom stereocenters. The molecule has 1 aromatic rings. The monoisotopic (exact) mass is 210 g/mol. The minimum Gasteiger partial charge on any atom is -0.383 e. The van der Waals surface area contributed by atoms with Gasteiger partial charge in [-0.25, -0.2) is 4.98 Å². The van der Waals surface area contributed by atoms with Crippen LogP contribution in [0, 0.1) is 6.92 Å². The smallest absolute Gasteiger partial charge is 0.222 e. The maximum Gasteiger partial charge on any atom is 0.222 e. The first kappa shape index (κ1) is 11.6. The number of aromatic nitrogens is 1. The first-order valence-electron chi connectivity index (χ1n) is 4.42. The van der Waals surface area contributed by atoms with Crippen molar-refractivity contribution >= 4 is 11.6 Å². The van der Waals surface area contributed by atoms with Crippen molar-refractivity contribution in [3.8, 4) is 0 Å². The van der Waals surface area contributed by atoms with E-state index in [1.54, 1.807) is 12.3 Å². The van der Waals surface area contributed by atoms with Gasteiger partial charge in [0.15, 0.2) is 0 Å². The predicted octanol–water partition coefficient (Wildman–Crippen LogP) is 0.774. The molecule has 0 aliphatic carbocycles. The van der Waals surface area contributed by atoms with Crippen LogP contribution in [0.3, 0.4) is 0 Å². The molecule has 0 bridgehead atoms. The molecule has 1 rings (SSSR count). The van der Waals surface area contributed by atoms with E-state index in [1.165, 1.54) is 14.2 Å². The Hall–Kier alpha value is -1.46. The number of ether oxygens (including phenoxy) is 2. The third-order valence-electron chi connectivity index (χ3n) is 1.96. The molecule has 0 fully saturated rings. The van der Waals surface area contributed by atoms with Crippen LogP contribution < -0.4 is 5.73 Å². The number of nitrogen functional groups attached to an aromatic ring is 1. The van der Waals surface area contributed by atoms with Gasteiger partial charge in [-0.1, -0.05) is 0 Å². The van der Waals surface area contributed by atoms with Crippen LogP contribution in [0.15, 0.2) is 12.3 Å². The molecule has 15 heavy (non-hydrogen) atoms. The van der Waals surface area contributed by atoms with Crippen LogP contribution in [0.4, 0.5) is 5.82 Å². The first-order chi connectivity index (χ1) is 7.10. The molecule has 0 saturated carbocycles. The number of pyridine rings is 1. The number of methoxy groups -OCH3 is 2. The number of carbonyl (C=O) groups excluding carboxylic acids is 1. The van der Waals surface area contributed by atoms with Crippen molar-refractivity contribution in [2.75, 3.05) is 20.0 Å². The summed E-state index contributed by atoms with van der Waals surface area (Å²) in [5.41, 5.74) is 6.78. The van der Waals surface area contributed by atoms with Gasteiger partial charge in [-0.15, -0.1) is 0 Å². The third-order valence-corrected chi connectivity index (χ3v) is 1.96. The minimum atomic E-state index is -0.934. The fourth-order valence-corrected chi connectivity index (χ4v) is 1.21. The number of aryl methyl sites for hydroxylation is 1. The van der Waals surface area contributed by atoms with Crippen LogP contribution in [0.1, 0.15) is 15.9 Å². The highest BCUT2D eigenvalue weighted by molar-refractivity contribution is 6.02. The van der Waals surface area contributed by atoms with Crippen molar-refractivity contribution < 1.29 is 14.3 Å². The van der Waals surface area contributed by atoms with Gasteiger partial charge in [-0.05, 0) is 18.6 Å². The van der Waals surface area contributed by atoms with Crippen LogP contribution in [0.25, 0.3) is 0 Å².